The van der Waals surface area contributed by atoms with Crippen LogP contribution in [0, 0.1) is 19.7 Å². The number of hydrazone groups is 1. The number of hydrogen-bond donors (Lipinski definition) is 1. The van der Waals surface area contributed by atoms with Crippen LogP contribution in [0.1, 0.15) is 22.3 Å². The Morgan fingerprint density at radius 3 is 2.50 bits per heavy atom. The molecule has 1 N–H and O–H groups in total. The van der Waals surface area contributed by atoms with Crippen molar-refractivity contribution in [1.29, 1.82) is 0 Å². The SMILES string of the molecule is Cc1ccc(NC(=O)CN2N=C(c3ccccc3F)c3cc(Cl)ccc3S2(=O)=O)cc1C. The van der Waals surface area contributed by atoms with E-state index in [1.807, 2.05) is 19.9 Å². The first-order valence-corrected chi connectivity index (χ1v) is 11.5. The maximum Gasteiger partial charge on any atom is 0.280 e. The van der Waals surface area contributed by atoms with Crippen LogP contribution in [-0.4, -0.2) is 31.0 Å². The molecule has 9 heteroatoms. The highest BCUT2D eigenvalue weighted by atomic mass is 35.5. The summed E-state index contributed by atoms with van der Waals surface area (Å²) in [7, 11) is -4.15. The predicted octanol–water partition coefficient (Wildman–Crippen LogP) is 4.49. The minimum atomic E-state index is -4.15. The predicted molar refractivity (Wildman–Crippen MR) is 122 cm³/mol. The molecule has 1 heterocycles. The summed E-state index contributed by atoms with van der Waals surface area (Å²) >= 11 is 6.08. The molecule has 164 valence electrons. The number of carbonyl (C=O) groups is 1. The van der Waals surface area contributed by atoms with E-state index in [0.29, 0.717) is 10.1 Å². The molecule has 0 saturated carbocycles. The van der Waals surface area contributed by atoms with E-state index < -0.39 is 28.3 Å². The third-order valence-corrected chi connectivity index (χ3v) is 7.07. The Bertz CT molecular complexity index is 1370. The highest BCUT2D eigenvalue weighted by molar-refractivity contribution is 7.89. The van der Waals surface area contributed by atoms with Gasteiger partial charge >= 0.3 is 0 Å². The van der Waals surface area contributed by atoms with Crippen LogP contribution in [0.25, 0.3) is 0 Å². The molecule has 0 atom stereocenters. The summed E-state index contributed by atoms with van der Waals surface area (Å²) in [6, 6.07) is 15.4. The third-order valence-electron chi connectivity index (χ3n) is 5.16. The number of anilines is 1. The number of nitrogens with one attached hydrogen (secondary N) is 1. The molecule has 0 spiro atoms. The maximum atomic E-state index is 14.5. The zero-order valence-electron chi connectivity index (χ0n) is 17.3. The van der Waals surface area contributed by atoms with E-state index in [9.17, 15) is 17.6 Å². The number of halogens is 2. The van der Waals surface area contributed by atoms with Gasteiger partial charge in [0.25, 0.3) is 10.0 Å². The summed E-state index contributed by atoms with van der Waals surface area (Å²) in [4.78, 5) is 12.6. The molecule has 1 aliphatic heterocycles. The second-order valence-corrected chi connectivity index (χ2v) is 9.65. The van der Waals surface area contributed by atoms with Crippen LogP contribution >= 0.6 is 11.6 Å². The van der Waals surface area contributed by atoms with Gasteiger partial charge < -0.3 is 5.32 Å². The van der Waals surface area contributed by atoms with E-state index in [-0.39, 0.29) is 26.8 Å². The van der Waals surface area contributed by atoms with Crippen LogP contribution in [0.5, 0.6) is 0 Å². The van der Waals surface area contributed by atoms with Crippen molar-refractivity contribution >= 4 is 38.9 Å². The van der Waals surface area contributed by atoms with E-state index in [1.54, 1.807) is 18.2 Å². The molecule has 32 heavy (non-hydrogen) atoms. The fourth-order valence-electron chi connectivity index (χ4n) is 3.36. The van der Waals surface area contributed by atoms with Crippen molar-refractivity contribution in [2.75, 3.05) is 11.9 Å². The zero-order valence-corrected chi connectivity index (χ0v) is 18.8. The van der Waals surface area contributed by atoms with E-state index in [2.05, 4.69) is 10.4 Å². The zero-order chi connectivity index (χ0) is 23.0. The molecule has 0 saturated heterocycles. The summed E-state index contributed by atoms with van der Waals surface area (Å²) in [6.07, 6.45) is 0. The smallest absolute Gasteiger partial charge is 0.280 e. The minimum absolute atomic E-state index is 0.0782. The number of rotatable bonds is 4. The normalized spacial score (nSPS) is 14.5. The molecule has 4 rings (SSSR count). The lowest BCUT2D eigenvalue weighted by Crippen LogP contribution is -2.38. The van der Waals surface area contributed by atoms with Crippen LogP contribution in [0.4, 0.5) is 10.1 Å². The fourth-order valence-corrected chi connectivity index (χ4v) is 4.91. The van der Waals surface area contributed by atoms with E-state index in [0.717, 1.165) is 11.1 Å². The molecule has 3 aromatic rings. The van der Waals surface area contributed by atoms with Gasteiger partial charge in [-0.3, -0.25) is 4.79 Å². The molecule has 0 aliphatic carbocycles. The number of hydrogen-bond acceptors (Lipinski definition) is 4. The van der Waals surface area contributed by atoms with Gasteiger partial charge in [0.1, 0.15) is 18.1 Å². The first kappa shape index (κ1) is 22.0. The fraction of sp³-hybridized carbons (Fsp3) is 0.130. The average molecular weight is 472 g/mol. The Balaban J connectivity index is 1.73. The standard InChI is InChI=1S/C23H19ClFN3O3S/c1-14-7-9-17(11-15(14)2)26-22(29)13-28-27-23(18-5-3-4-6-20(18)25)19-12-16(24)8-10-21(19)32(28,30)31/h3-12H,13H2,1-2H3,(H,26,29). The van der Waals surface area contributed by atoms with Crippen molar-refractivity contribution in [3.63, 3.8) is 0 Å². The van der Waals surface area contributed by atoms with E-state index in [1.165, 1.54) is 36.4 Å². The summed E-state index contributed by atoms with van der Waals surface area (Å²) in [6.45, 7) is 3.28. The maximum absolute atomic E-state index is 14.5. The third kappa shape index (κ3) is 4.11. The number of aryl methyl sites for hydroxylation is 2. The lowest BCUT2D eigenvalue weighted by Gasteiger charge is -2.27. The molecule has 3 aromatic carbocycles. The first-order valence-electron chi connectivity index (χ1n) is 9.70. The van der Waals surface area contributed by atoms with Crippen molar-refractivity contribution in [1.82, 2.24) is 4.41 Å². The monoisotopic (exact) mass is 471 g/mol. The lowest BCUT2D eigenvalue weighted by atomic mass is 10.0. The van der Waals surface area contributed by atoms with Crippen molar-refractivity contribution in [3.05, 3.63) is 93.8 Å². The molecule has 1 amide bonds. The number of sulfonamides is 1. The van der Waals surface area contributed by atoms with Gasteiger partial charge in [-0.05, 0) is 67.4 Å². The Hall–Kier alpha value is -3.23. The van der Waals surface area contributed by atoms with Crippen LogP contribution in [-0.2, 0) is 14.8 Å². The Labute approximate surface area is 190 Å². The highest BCUT2D eigenvalue weighted by Crippen LogP contribution is 2.31. The molecule has 1 aliphatic rings. The number of fused-ring (bicyclic) bond motifs is 1. The molecule has 6 nitrogen and oxygen atoms in total. The Morgan fingerprint density at radius 1 is 1.03 bits per heavy atom. The average Bonchev–Trinajstić information content (AvgIpc) is 2.73. The summed E-state index contributed by atoms with van der Waals surface area (Å²) < 4.78 is 41.6. The lowest BCUT2D eigenvalue weighted by molar-refractivity contribution is -0.116. The van der Waals surface area contributed by atoms with Crippen LogP contribution in [0.3, 0.4) is 0 Å². The molecule has 0 bridgehead atoms. The van der Waals surface area contributed by atoms with Gasteiger partial charge in [-0.1, -0.05) is 29.8 Å². The van der Waals surface area contributed by atoms with Crippen LogP contribution in [0.15, 0.2) is 70.7 Å². The number of benzene rings is 3. The molecular formula is C23H19ClFN3O3S. The van der Waals surface area contributed by atoms with Gasteiger partial charge in [-0.25, -0.2) is 4.39 Å². The van der Waals surface area contributed by atoms with Crippen molar-refractivity contribution in [3.8, 4) is 0 Å². The quantitative estimate of drug-likeness (QED) is 0.608. The number of amides is 1. The van der Waals surface area contributed by atoms with Gasteiger partial charge in [0.15, 0.2) is 0 Å². The number of nitrogens with zero attached hydrogens (tertiary/aromatic N) is 2. The number of carbonyl (C=O) groups excluding carboxylic acids is 1. The molecule has 0 fully saturated rings. The topological polar surface area (TPSA) is 78.8 Å². The van der Waals surface area contributed by atoms with Gasteiger partial charge in [0.05, 0.1) is 4.90 Å². The summed E-state index contributed by atoms with van der Waals surface area (Å²) in [5.41, 5.74) is 2.95. The molecule has 0 unspecified atom stereocenters. The summed E-state index contributed by atoms with van der Waals surface area (Å²) in [5.74, 6) is -1.15. The van der Waals surface area contributed by atoms with E-state index >= 15 is 0 Å². The molecular weight excluding hydrogens is 453 g/mol. The van der Waals surface area contributed by atoms with Crippen molar-refractivity contribution in [2.24, 2.45) is 5.10 Å². The molecule has 0 radical (unpaired) electrons. The van der Waals surface area contributed by atoms with Gasteiger partial charge in [0, 0.05) is 21.8 Å². The van der Waals surface area contributed by atoms with Gasteiger partial charge in [0.2, 0.25) is 5.91 Å². The largest absolute Gasteiger partial charge is 0.324 e. The summed E-state index contributed by atoms with van der Waals surface area (Å²) in [5, 5.41) is 7.13. The Kier molecular flexibility index (Phi) is 5.75. The second-order valence-electron chi connectivity index (χ2n) is 7.40. The van der Waals surface area contributed by atoms with Crippen molar-refractivity contribution < 1.29 is 17.6 Å². The van der Waals surface area contributed by atoms with Crippen LogP contribution < -0.4 is 5.32 Å². The minimum Gasteiger partial charge on any atom is -0.324 e. The van der Waals surface area contributed by atoms with E-state index in [4.69, 9.17) is 11.6 Å². The Morgan fingerprint density at radius 2 is 1.78 bits per heavy atom. The highest BCUT2D eigenvalue weighted by Gasteiger charge is 2.35. The van der Waals surface area contributed by atoms with Gasteiger partial charge in [-0.15, -0.1) is 0 Å². The van der Waals surface area contributed by atoms with Gasteiger partial charge in [-0.2, -0.15) is 17.9 Å². The molecule has 0 aromatic heterocycles. The first-order chi connectivity index (χ1) is 15.2. The van der Waals surface area contributed by atoms with Crippen molar-refractivity contribution in [2.45, 2.75) is 18.7 Å². The second kappa shape index (κ2) is 8.37. The van der Waals surface area contributed by atoms with Crippen LogP contribution in [0.2, 0.25) is 5.02 Å².